The molecule has 0 bridgehead atoms. The summed E-state index contributed by atoms with van der Waals surface area (Å²) in [6, 6.07) is 8.23. The Morgan fingerprint density at radius 3 is 2.29 bits per heavy atom. The summed E-state index contributed by atoms with van der Waals surface area (Å²) >= 11 is 0. The second kappa shape index (κ2) is 6.37. The average Bonchev–Trinajstić information content (AvgIpc) is 2.86. The molecule has 0 saturated carbocycles. The smallest absolute Gasteiger partial charge is 0.282 e. The minimum atomic E-state index is -4.02. The van der Waals surface area contributed by atoms with E-state index in [1.807, 2.05) is 6.92 Å². The third kappa shape index (κ3) is 4.37. The van der Waals surface area contributed by atoms with Gasteiger partial charge in [0.25, 0.3) is 10.1 Å². The van der Waals surface area contributed by atoms with Gasteiger partial charge in [0.2, 0.25) is 0 Å². The van der Waals surface area contributed by atoms with Gasteiger partial charge in [0, 0.05) is 11.6 Å². The third-order valence-corrected chi connectivity index (χ3v) is 4.36. The molecule has 0 spiro atoms. The summed E-state index contributed by atoms with van der Waals surface area (Å²) in [5, 5.41) is 0. The number of fused-ring (bicyclic) bond motifs is 1. The average molecular weight is 306 g/mol. The fourth-order valence-corrected chi connectivity index (χ4v) is 2.81. The lowest BCUT2D eigenvalue weighted by molar-refractivity contribution is -0.671. The summed E-state index contributed by atoms with van der Waals surface area (Å²) in [4.78, 5) is -0.0666. The number of pyridine rings is 1. The van der Waals surface area contributed by atoms with Crippen LogP contribution >= 0.6 is 0 Å². The lowest BCUT2D eigenvalue weighted by atomic mass is 10.2. The number of hydrogen-bond acceptors (Lipinski definition) is 2. The first kappa shape index (κ1) is 15.7. The van der Waals surface area contributed by atoms with Crippen LogP contribution in [0.1, 0.15) is 23.1 Å². The summed E-state index contributed by atoms with van der Waals surface area (Å²) in [7, 11) is -1.94. The molecule has 1 N–H and O–H groups in total. The molecule has 4 nitrogen and oxygen atoms in total. The molecule has 0 radical (unpaired) electrons. The zero-order chi connectivity index (χ0) is 15.5. The van der Waals surface area contributed by atoms with Crippen LogP contribution in [0.2, 0.25) is 0 Å². The van der Waals surface area contributed by atoms with Crippen LogP contribution in [0.25, 0.3) is 0 Å². The highest BCUT2D eigenvalue weighted by Crippen LogP contribution is 2.18. The molecule has 21 heavy (non-hydrogen) atoms. The maximum Gasteiger partial charge on any atom is 0.294 e. The fourth-order valence-electron chi connectivity index (χ4n) is 2.33. The minimum Gasteiger partial charge on any atom is -0.282 e. The number of aryl methyl sites for hydroxylation is 4. The molecule has 1 heterocycles. The molecule has 0 atom stereocenters. The summed E-state index contributed by atoms with van der Waals surface area (Å²) in [6.45, 7) is 1.84. The van der Waals surface area contributed by atoms with Crippen molar-refractivity contribution in [3.8, 4) is 0 Å². The van der Waals surface area contributed by atoms with Crippen molar-refractivity contribution in [2.24, 2.45) is 7.05 Å². The Bertz CT molecular complexity index is 722. The van der Waals surface area contributed by atoms with Gasteiger partial charge in [-0.25, -0.2) is 4.57 Å². The number of nitrogens with zero attached hydrogens (tertiary/aromatic N) is 1. The molecule has 1 aliphatic carbocycles. The molecule has 0 amide bonds. The van der Waals surface area contributed by atoms with E-state index in [-0.39, 0.29) is 4.90 Å². The van der Waals surface area contributed by atoms with Crippen molar-refractivity contribution in [1.82, 2.24) is 0 Å². The Morgan fingerprint density at radius 2 is 1.67 bits per heavy atom. The molecule has 3 rings (SSSR count). The van der Waals surface area contributed by atoms with Crippen LogP contribution in [0, 0.1) is 6.92 Å². The van der Waals surface area contributed by atoms with Crippen molar-refractivity contribution in [2.45, 2.75) is 31.1 Å². The molecule has 2 aromatic rings. The molecule has 0 fully saturated rings. The van der Waals surface area contributed by atoms with Gasteiger partial charge in [-0.2, -0.15) is 8.42 Å². The van der Waals surface area contributed by atoms with Crippen molar-refractivity contribution in [1.29, 1.82) is 0 Å². The van der Waals surface area contributed by atoms with E-state index in [1.165, 1.54) is 31.4 Å². The molecule has 0 saturated heterocycles. The molecule has 0 unspecified atom stereocenters. The largest absolute Gasteiger partial charge is 0.294 e. The summed E-state index contributed by atoms with van der Waals surface area (Å²) in [6.07, 6.45) is 8.28. The Labute approximate surface area is 125 Å². The van der Waals surface area contributed by atoms with Gasteiger partial charge in [0.1, 0.15) is 7.05 Å². The van der Waals surface area contributed by atoms with Crippen molar-refractivity contribution in [3.05, 3.63) is 59.4 Å². The van der Waals surface area contributed by atoms with E-state index < -0.39 is 10.1 Å². The second-order valence-corrected chi connectivity index (χ2v) is 6.72. The number of aromatic nitrogens is 1. The van der Waals surface area contributed by atoms with Crippen molar-refractivity contribution < 1.29 is 17.5 Å². The van der Waals surface area contributed by atoms with E-state index in [0.717, 1.165) is 5.56 Å². The highest BCUT2D eigenvalue weighted by molar-refractivity contribution is 7.85. The maximum absolute atomic E-state index is 10.5. The Kier molecular flexibility index (Phi) is 4.75. The monoisotopic (exact) mass is 306 g/mol. The summed E-state index contributed by atoms with van der Waals surface area (Å²) in [5.41, 5.74) is 4.06. The van der Waals surface area contributed by atoms with Gasteiger partial charge in [-0.05, 0) is 43.9 Å². The van der Waals surface area contributed by atoms with Crippen molar-refractivity contribution in [2.75, 3.05) is 0 Å². The fraction of sp³-hybridized carbons (Fsp3) is 0.312. The van der Waals surface area contributed by atoms with Gasteiger partial charge < -0.3 is 0 Å². The van der Waals surface area contributed by atoms with Crippen LogP contribution in [-0.4, -0.2) is 13.0 Å². The molecular weight excluding hydrogens is 286 g/mol. The SMILES string of the molecule is C[n+]1ccc2c(c1)CCC2.Cc1ccc(S(=O)(=O)O)cc1. The predicted octanol–water partition coefficient (Wildman–Crippen LogP) is 2.24. The standard InChI is InChI=1S/C9H12N.C7H8O3S/c1-10-6-5-8-3-2-4-9(8)7-10;1-6-2-4-7(5-3-6)11(8,9)10/h5-7H,2-4H2,1H3;2-5H,1H3,(H,8,9,10)/q+1;. The van der Waals surface area contributed by atoms with Gasteiger partial charge in [0.15, 0.2) is 12.4 Å². The minimum absolute atomic E-state index is 0.0666. The van der Waals surface area contributed by atoms with Gasteiger partial charge in [-0.15, -0.1) is 0 Å². The molecule has 1 aliphatic rings. The van der Waals surface area contributed by atoms with Gasteiger partial charge in [-0.1, -0.05) is 17.7 Å². The van der Waals surface area contributed by atoms with E-state index in [0.29, 0.717) is 0 Å². The van der Waals surface area contributed by atoms with E-state index in [4.69, 9.17) is 4.55 Å². The highest BCUT2D eigenvalue weighted by atomic mass is 32.2. The van der Waals surface area contributed by atoms with Crippen LogP contribution < -0.4 is 4.57 Å². The number of benzene rings is 1. The van der Waals surface area contributed by atoms with Crippen LogP contribution in [0.5, 0.6) is 0 Å². The van der Waals surface area contributed by atoms with Gasteiger partial charge >= 0.3 is 0 Å². The second-order valence-electron chi connectivity index (χ2n) is 5.30. The lowest BCUT2D eigenvalue weighted by Gasteiger charge is -1.95. The molecule has 1 aromatic heterocycles. The highest BCUT2D eigenvalue weighted by Gasteiger charge is 2.12. The zero-order valence-electron chi connectivity index (χ0n) is 12.3. The first-order chi connectivity index (χ1) is 9.86. The molecule has 5 heteroatoms. The Balaban J connectivity index is 0.000000154. The van der Waals surface area contributed by atoms with E-state index >= 15 is 0 Å². The number of rotatable bonds is 1. The van der Waals surface area contributed by atoms with Crippen LogP contribution in [0.15, 0.2) is 47.6 Å². The summed E-state index contributed by atoms with van der Waals surface area (Å²) < 4.78 is 31.7. The van der Waals surface area contributed by atoms with Gasteiger partial charge in [-0.3, -0.25) is 4.55 Å². The van der Waals surface area contributed by atoms with Crippen molar-refractivity contribution >= 4 is 10.1 Å². The van der Waals surface area contributed by atoms with Crippen molar-refractivity contribution in [3.63, 3.8) is 0 Å². The van der Waals surface area contributed by atoms with Crippen LogP contribution in [0.3, 0.4) is 0 Å². The Hall–Kier alpha value is -1.72. The van der Waals surface area contributed by atoms with E-state index in [2.05, 4.69) is 30.1 Å². The zero-order valence-corrected chi connectivity index (χ0v) is 13.1. The van der Waals surface area contributed by atoms with Crippen LogP contribution in [-0.2, 0) is 30.0 Å². The summed E-state index contributed by atoms with van der Waals surface area (Å²) in [5.74, 6) is 0. The Morgan fingerprint density at radius 1 is 1.05 bits per heavy atom. The predicted molar refractivity (Wildman–Crippen MR) is 80.6 cm³/mol. The van der Waals surface area contributed by atoms with Crippen LogP contribution in [0.4, 0.5) is 0 Å². The first-order valence-corrected chi connectivity index (χ1v) is 8.31. The lowest BCUT2D eigenvalue weighted by Crippen LogP contribution is -2.27. The molecular formula is C16H20NO3S+. The quantitative estimate of drug-likeness (QED) is 0.649. The topological polar surface area (TPSA) is 58.2 Å². The normalized spacial score (nSPS) is 13.3. The molecule has 1 aromatic carbocycles. The maximum atomic E-state index is 10.5. The van der Waals surface area contributed by atoms with E-state index in [1.54, 1.807) is 23.3 Å². The number of hydrogen-bond donors (Lipinski definition) is 1. The molecule has 112 valence electrons. The third-order valence-electron chi connectivity index (χ3n) is 3.49. The van der Waals surface area contributed by atoms with Gasteiger partial charge in [0.05, 0.1) is 4.90 Å². The first-order valence-electron chi connectivity index (χ1n) is 6.87. The van der Waals surface area contributed by atoms with E-state index in [9.17, 15) is 8.42 Å². The molecule has 0 aliphatic heterocycles.